The molecule has 0 atom stereocenters. The van der Waals surface area contributed by atoms with Gasteiger partial charge in [-0.15, -0.1) is 11.3 Å². The van der Waals surface area contributed by atoms with Gasteiger partial charge in [-0.3, -0.25) is 5.32 Å². The van der Waals surface area contributed by atoms with Crippen LogP contribution in [0.3, 0.4) is 0 Å². The number of amides is 1. The van der Waals surface area contributed by atoms with Gasteiger partial charge in [0.1, 0.15) is 5.60 Å². The smallest absolute Gasteiger partial charge is 0.412 e. The van der Waals surface area contributed by atoms with Gasteiger partial charge >= 0.3 is 6.09 Å². The molecule has 2 N–H and O–H groups in total. The summed E-state index contributed by atoms with van der Waals surface area (Å²) < 4.78 is 5.26. The Kier molecular flexibility index (Phi) is 5.66. The monoisotopic (exact) mass is 332 g/mol. The maximum absolute atomic E-state index is 11.8. The number of hydrogen-bond acceptors (Lipinski definition) is 4. The van der Waals surface area contributed by atoms with Crippen molar-refractivity contribution < 1.29 is 9.53 Å². The number of rotatable bonds is 5. The second-order valence-electron chi connectivity index (χ2n) is 6.28. The molecule has 124 valence electrons. The van der Waals surface area contributed by atoms with Crippen molar-refractivity contribution in [2.75, 3.05) is 10.6 Å². The molecular formula is C18H24N2O2S. The summed E-state index contributed by atoms with van der Waals surface area (Å²) in [6.07, 6.45) is 0.625. The second-order valence-corrected chi connectivity index (χ2v) is 7.54. The van der Waals surface area contributed by atoms with Crippen molar-refractivity contribution in [2.45, 2.75) is 46.3 Å². The second kappa shape index (κ2) is 7.51. The van der Waals surface area contributed by atoms with E-state index >= 15 is 0 Å². The maximum atomic E-state index is 11.8. The van der Waals surface area contributed by atoms with E-state index in [1.165, 1.54) is 9.75 Å². The summed E-state index contributed by atoms with van der Waals surface area (Å²) in [6.45, 7) is 8.47. The summed E-state index contributed by atoms with van der Waals surface area (Å²) in [5, 5.41) is 6.13. The van der Waals surface area contributed by atoms with Crippen LogP contribution in [0.5, 0.6) is 0 Å². The van der Waals surface area contributed by atoms with Crippen LogP contribution in [0.4, 0.5) is 16.2 Å². The van der Waals surface area contributed by atoms with Crippen LogP contribution in [0, 0.1) is 0 Å². The Balaban J connectivity index is 1.92. The van der Waals surface area contributed by atoms with Crippen molar-refractivity contribution in [3.05, 3.63) is 46.2 Å². The third kappa shape index (κ3) is 5.94. The number of hydrogen-bond donors (Lipinski definition) is 2. The lowest BCUT2D eigenvalue weighted by molar-refractivity contribution is 0.0636. The molecule has 2 rings (SSSR count). The summed E-state index contributed by atoms with van der Waals surface area (Å²) in [4.78, 5) is 14.5. The van der Waals surface area contributed by atoms with Crippen molar-refractivity contribution >= 4 is 28.8 Å². The molecule has 0 aliphatic rings. The summed E-state index contributed by atoms with van der Waals surface area (Å²) in [5.74, 6) is 0. The van der Waals surface area contributed by atoms with E-state index in [1.807, 2.05) is 56.4 Å². The third-order valence-electron chi connectivity index (χ3n) is 3.04. The number of thiophene rings is 1. The van der Waals surface area contributed by atoms with Gasteiger partial charge in [0.25, 0.3) is 0 Å². The van der Waals surface area contributed by atoms with Gasteiger partial charge in [0.2, 0.25) is 0 Å². The molecule has 2 aromatic rings. The zero-order chi connectivity index (χ0) is 16.9. The molecule has 0 saturated heterocycles. The lowest BCUT2D eigenvalue weighted by Crippen LogP contribution is -2.27. The third-order valence-corrected chi connectivity index (χ3v) is 4.27. The van der Waals surface area contributed by atoms with Gasteiger partial charge in [-0.2, -0.15) is 0 Å². The average molecular weight is 332 g/mol. The average Bonchev–Trinajstić information content (AvgIpc) is 2.91. The molecule has 4 nitrogen and oxygen atoms in total. The number of carbonyl (C=O) groups excluding carboxylic acids is 1. The highest BCUT2D eigenvalue weighted by atomic mass is 32.1. The highest BCUT2D eigenvalue weighted by molar-refractivity contribution is 7.12. The van der Waals surface area contributed by atoms with Crippen LogP contribution in [0.25, 0.3) is 0 Å². The van der Waals surface area contributed by atoms with Gasteiger partial charge in [-0.05, 0) is 57.5 Å². The van der Waals surface area contributed by atoms with Crippen molar-refractivity contribution in [3.63, 3.8) is 0 Å². The molecule has 5 heteroatoms. The highest BCUT2D eigenvalue weighted by Crippen LogP contribution is 2.20. The first-order chi connectivity index (χ1) is 10.9. The minimum absolute atomic E-state index is 0.444. The number of carbonyl (C=O) groups is 1. The van der Waals surface area contributed by atoms with E-state index < -0.39 is 11.7 Å². The normalized spacial score (nSPS) is 11.1. The van der Waals surface area contributed by atoms with Crippen LogP contribution in [0.2, 0.25) is 0 Å². The Hall–Kier alpha value is -2.01. The molecule has 0 bridgehead atoms. The van der Waals surface area contributed by atoms with Crippen LogP contribution in [0.15, 0.2) is 36.4 Å². The number of ether oxygens (including phenoxy) is 1. The molecule has 1 amide bonds. The Morgan fingerprint density at radius 3 is 2.48 bits per heavy atom. The summed E-state index contributed by atoms with van der Waals surface area (Å²) in [7, 11) is 0. The van der Waals surface area contributed by atoms with Crippen LogP contribution in [0.1, 0.15) is 37.4 Å². The standard InChI is InChI=1S/C18H24N2O2S/c1-5-15-9-10-16(23-15)12-19-13-7-6-8-14(11-13)20-17(21)22-18(2,3)4/h6-11,19H,5,12H2,1-4H3,(H,20,21). The van der Waals surface area contributed by atoms with Gasteiger partial charge in [-0.1, -0.05) is 13.0 Å². The lowest BCUT2D eigenvalue weighted by Gasteiger charge is -2.19. The quantitative estimate of drug-likeness (QED) is 0.784. The highest BCUT2D eigenvalue weighted by Gasteiger charge is 2.16. The van der Waals surface area contributed by atoms with Crippen LogP contribution < -0.4 is 10.6 Å². The molecule has 0 unspecified atom stereocenters. The fourth-order valence-corrected chi connectivity index (χ4v) is 2.92. The molecule has 0 saturated carbocycles. The Morgan fingerprint density at radius 1 is 1.13 bits per heavy atom. The largest absolute Gasteiger partial charge is 0.444 e. The van der Waals surface area contributed by atoms with Gasteiger partial charge in [0, 0.05) is 27.7 Å². The molecule has 0 radical (unpaired) electrons. The summed E-state index contributed by atoms with van der Waals surface area (Å²) in [5.41, 5.74) is 1.17. The van der Waals surface area contributed by atoms with Crippen molar-refractivity contribution in [3.8, 4) is 0 Å². The zero-order valence-electron chi connectivity index (χ0n) is 14.1. The molecule has 1 heterocycles. The van der Waals surface area contributed by atoms with E-state index in [1.54, 1.807) is 0 Å². The molecule has 0 spiro atoms. The first kappa shape index (κ1) is 17.3. The van der Waals surface area contributed by atoms with E-state index in [9.17, 15) is 4.79 Å². The minimum Gasteiger partial charge on any atom is -0.444 e. The number of aryl methyl sites for hydroxylation is 1. The summed E-state index contributed by atoms with van der Waals surface area (Å²) >= 11 is 1.82. The molecule has 0 fully saturated rings. The first-order valence-electron chi connectivity index (χ1n) is 7.77. The van der Waals surface area contributed by atoms with E-state index in [2.05, 4.69) is 29.7 Å². The van der Waals surface area contributed by atoms with Crippen LogP contribution >= 0.6 is 11.3 Å². The molecule has 0 aliphatic carbocycles. The van der Waals surface area contributed by atoms with Gasteiger partial charge in [-0.25, -0.2) is 4.79 Å². The maximum Gasteiger partial charge on any atom is 0.412 e. The van der Waals surface area contributed by atoms with Gasteiger partial charge in [0.15, 0.2) is 0 Å². The predicted octanol–water partition coefficient (Wildman–Crippen LogP) is 5.27. The fourth-order valence-electron chi connectivity index (χ4n) is 2.02. The Bertz CT molecular complexity index is 659. The van der Waals surface area contributed by atoms with Gasteiger partial charge < -0.3 is 10.1 Å². The van der Waals surface area contributed by atoms with Crippen LogP contribution in [-0.2, 0) is 17.7 Å². The number of anilines is 2. The number of nitrogens with one attached hydrogen (secondary N) is 2. The lowest BCUT2D eigenvalue weighted by atomic mass is 10.2. The topological polar surface area (TPSA) is 50.4 Å². The molecule has 23 heavy (non-hydrogen) atoms. The summed E-state index contributed by atoms with van der Waals surface area (Å²) in [6, 6.07) is 11.9. The molecule has 1 aromatic heterocycles. The molecule has 0 aliphatic heterocycles. The Morgan fingerprint density at radius 2 is 1.83 bits per heavy atom. The Labute approximate surface area is 141 Å². The molecular weight excluding hydrogens is 308 g/mol. The SMILES string of the molecule is CCc1ccc(CNc2cccc(NC(=O)OC(C)(C)C)c2)s1. The first-order valence-corrected chi connectivity index (χ1v) is 8.59. The fraction of sp³-hybridized carbons (Fsp3) is 0.389. The van der Waals surface area contributed by atoms with Gasteiger partial charge in [0.05, 0.1) is 0 Å². The van der Waals surface area contributed by atoms with E-state index in [0.717, 1.165) is 18.7 Å². The molecule has 1 aromatic carbocycles. The van der Waals surface area contributed by atoms with Crippen molar-refractivity contribution in [1.82, 2.24) is 0 Å². The number of benzene rings is 1. The predicted molar refractivity (Wildman–Crippen MR) is 97.3 cm³/mol. The van der Waals surface area contributed by atoms with Crippen molar-refractivity contribution in [1.29, 1.82) is 0 Å². The van der Waals surface area contributed by atoms with E-state index in [0.29, 0.717) is 5.69 Å². The zero-order valence-corrected chi connectivity index (χ0v) is 14.9. The minimum atomic E-state index is -0.504. The van der Waals surface area contributed by atoms with Crippen LogP contribution in [-0.4, -0.2) is 11.7 Å². The van der Waals surface area contributed by atoms with E-state index in [4.69, 9.17) is 4.74 Å². The van der Waals surface area contributed by atoms with Crippen molar-refractivity contribution in [2.24, 2.45) is 0 Å². The van der Waals surface area contributed by atoms with E-state index in [-0.39, 0.29) is 0 Å².